The number of carboxylic acid groups (broad SMARTS) is 1. The molecule has 1 rings (SSSR count). The van der Waals surface area contributed by atoms with E-state index in [1.165, 1.54) is 0 Å². The lowest BCUT2D eigenvalue weighted by Crippen LogP contribution is -2.46. The molecule has 0 radical (unpaired) electrons. The number of aliphatic hydroxyl groups excluding tert-OH is 1. The Labute approximate surface area is 85.8 Å². The maximum absolute atomic E-state index is 12.9. The molecule has 1 unspecified atom stereocenters. The van der Waals surface area contributed by atoms with Gasteiger partial charge in [-0.05, 0) is 20.3 Å². The van der Waals surface area contributed by atoms with Crippen LogP contribution in [0.2, 0.25) is 0 Å². The fourth-order valence-corrected chi connectivity index (χ4v) is 1.71. The highest BCUT2D eigenvalue weighted by Crippen LogP contribution is 2.36. The molecular formula is C9H14F2O4. The fraction of sp³-hybridized carbons (Fsp3) is 0.889. The van der Waals surface area contributed by atoms with Gasteiger partial charge in [-0.25, -0.2) is 4.79 Å². The number of ether oxygens (including phenoxy) is 1. The molecule has 0 aliphatic carbocycles. The van der Waals surface area contributed by atoms with E-state index in [1.807, 2.05) is 0 Å². The van der Waals surface area contributed by atoms with Crippen LogP contribution in [0.1, 0.15) is 20.3 Å². The van der Waals surface area contributed by atoms with Crippen LogP contribution in [0.15, 0.2) is 0 Å². The van der Waals surface area contributed by atoms with E-state index in [9.17, 15) is 18.7 Å². The highest BCUT2D eigenvalue weighted by molar-refractivity contribution is 5.76. The van der Waals surface area contributed by atoms with Crippen molar-refractivity contribution < 1.29 is 28.5 Å². The summed E-state index contributed by atoms with van der Waals surface area (Å²) in [7, 11) is 0. The summed E-state index contributed by atoms with van der Waals surface area (Å²) in [5.74, 6) is -7.26. The molecular weight excluding hydrogens is 210 g/mol. The van der Waals surface area contributed by atoms with Crippen LogP contribution in [0.3, 0.4) is 0 Å². The predicted octanol–water partition coefficient (Wildman–Crippen LogP) is 0.882. The minimum Gasteiger partial charge on any atom is -0.477 e. The highest BCUT2D eigenvalue weighted by atomic mass is 19.3. The number of hydrogen-bond donors (Lipinski definition) is 2. The minimum absolute atomic E-state index is 0.0446. The number of rotatable bonds is 3. The summed E-state index contributed by atoms with van der Waals surface area (Å²) in [4.78, 5) is 10.2. The largest absolute Gasteiger partial charge is 0.477 e. The van der Waals surface area contributed by atoms with Crippen molar-refractivity contribution in [2.24, 2.45) is 5.92 Å². The third-order valence-electron chi connectivity index (χ3n) is 2.55. The summed E-state index contributed by atoms with van der Waals surface area (Å²) < 4.78 is 31.0. The molecule has 0 bridgehead atoms. The molecule has 0 aromatic heterocycles. The average molecular weight is 224 g/mol. The average Bonchev–Trinajstić information content (AvgIpc) is 2.44. The smallest absolute Gasteiger partial charge is 0.377 e. The summed E-state index contributed by atoms with van der Waals surface area (Å²) in [6.07, 6.45) is -1.98. The van der Waals surface area contributed by atoms with E-state index in [2.05, 4.69) is 0 Å². The van der Waals surface area contributed by atoms with Gasteiger partial charge in [-0.15, -0.1) is 0 Å². The Hall–Kier alpha value is -0.750. The number of halogens is 2. The van der Waals surface area contributed by atoms with Gasteiger partial charge in [0.25, 0.3) is 0 Å². The van der Waals surface area contributed by atoms with E-state index in [1.54, 1.807) is 13.8 Å². The lowest BCUT2D eigenvalue weighted by atomic mass is 9.90. The zero-order valence-electron chi connectivity index (χ0n) is 8.54. The third-order valence-corrected chi connectivity index (χ3v) is 2.55. The standard InChI is InChI=1S/C9H14F2O4/c1-8(2)3-5(4-15-8)6(12)9(10,11)7(13)14/h5-6,12H,3-4H2,1-2H3,(H,13,14)/t5?,6-/m1/s1. The van der Waals surface area contributed by atoms with Gasteiger partial charge in [0, 0.05) is 5.92 Å². The Morgan fingerprint density at radius 3 is 2.47 bits per heavy atom. The first-order valence-electron chi connectivity index (χ1n) is 4.60. The maximum Gasteiger partial charge on any atom is 0.377 e. The van der Waals surface area contributed by atoms with E-state index >= 15 is 0 Å². The molecule has 0 aromatic carbocycles. The van der Waals surface area contributed by atoms with E-state index in [-0.39, 0.29) is 13.0 Å². The number of carboxylic acids is 1. The molecule has 1 saturated heterocycles. The zero-order chi connectivity index (χ0) is 11.9. The molecule has 0 amide bonds. The highest BCUT2D eigenvalue weighted by Gasteiger charge is 2.53. The fourth-order valence-electron chi connectivity index (χ4n) is 1.71. The van der Waals surface area contributed by atoms with Crippen LogP contribution in [0.4, 0.5) is 8.78 Å². The normalized spacial score (nSPS) is 27.7. The van der Waals surface area contributed by atoms with Crippen LogP contribution < -0.4 is 0 Å². The molecule has 2 N–H and O–H groups in total. The third kappa shape index (κ3) is 2.43. The van der Waals surface area contributed by atoms with Gasteiger partial charge in [0.1, 0.15) is 6.10 Å². The Morgan fingerprint density at radius 1 is 1.60 bits per heavy atom. The van der Waals surface area contributed by atoms with Gasteiger partial charge < -0.3 is 14.9 Å². The minimum atomic E-state index is -4.12. The van der Waals surface area contributed by atoms with E-state index in [0.29, 0.717) is 0 Å². The molecule has 0 spiro atoms. The lowest BCUT2D eigenvalue weighted by molar-refractivity contribution is -0.187. The lowest BCUT2D eigenvalue weighted by Gasteiger charge is -2.23. The summed E-state index contributed by atoms with van der Waals surface area (Å²) in [6, 6.07) is 0. The number of aliphatic carboxylic acids is 1. The summed E-state index contributed by atoms with van der Waals surface area (Å²) >= 11 is 0. The van der Waals surface area contributed by atoms with Crippen LogP contribution in [0.5, 0.6) is 0 Å². The summed E-state index contributed by atoms with van der Waals surface area (Å²) in [5.41, 5.74) is -0.583. The quantitative estimate of drug-likeness (QED) is 0.746. The van der Waals surface area contributed by atoms with Crippen molar-refractivity contribution in [1.29, 1.82) is 0 Å². The SMILES string of the molecule is CC1(C)CC([C@@H](O)C(F)(F)C(=O)O)CO1. The van der Waals surface area contributed by atoms with Crippen LogP contribution in [-0.4, -0.2) is 40.4 Å². The van der Waals surface area contributed by atoms with Gasteiger partial charge in [-0.2, -0.15) is 8.78 Å². The molecule has 1 aliphatic heterocycles. The number of aliphatic hydroxyl groups is 1. The van der Waals surface area contributed by atoms with Crippen LogP contribution >= 0.6 is 0 Å². The van der Waals surface area contributed by atoms with Crippen LogP contribution in [0.25, 0.3) is 0 Å². The first-order chi connectivity index (χ1) is 6.67. The molecule has 1 heterocycles. The Balaban J connectivity index is 2.70. The molecule has 1 fully saturated rings. The first-order valence-corrected chi connectivity index (χ1v) is 4.60. The Bertz CT molecular complexity index is 265. The molecule has 6 heteroatoms. The second-order valence-electron chi connectivity index (χ2n) is 4.41. The first kappa shape index (κ1) is 12.3. The summed E-state index contributed by atoms with van der Waals surface area (Å²) in [6.45, 7) is 3.37. The Morgan fingerprint density at radius 2 is 2.13 bits per heavy atom. The molecule has 0 saturated carbocycles. The predicted molar refractivity (Wildman–Crippen MR) is 46.7 cm³/mol. The molecule has 0 aromatic rings. The van der Waals surface area contributed by atoms with Crippen molar-refractivity contribution >= 4 is 5.97 Å². The van der Waals surface area contributed by atoms with Gasteiger partial charge in [-0.3, -0.25) is 0 Å². The maximum atomic E-state index is 12.9. The molecule has 15 heavy (non-hydrogen) atoms. The number of alkyl halides is 2. The van der Waals surface area contributed by atoms with Crippen molar-refractivity contribution in [2.45, 2.75) is 37.9 Å². The van der Waals surface area contributed by atoms with Crippen LogP contribution in [-0.2, 0) is 9.53 Å². The van der Waals surface area contributed by atoms with Crippen molar-refractivity contribution in [3.63, 3.8) is 0 Å². The second kappa shape index (κ2) is 3.68. The van der Waals surface area contributed by atoms with Crippen molar-refractivity contribution in [3.8, 4) is 0 Å². The second-order valence-corrected chi connectivity index (χ2v) is 4.41. The number of carbonyl (C=O) groups is 1. The summed E-state index contributed by atoms with van der Waals surface area (Å²) in [5, 5.41) is 17.5. The monoisotopic (exact) mass is 224 g/mol. The van der Waals surface area contributed by atoms with Gasteiger partial charge in [0.2, 0.25) is 0 Å². The molecule has 88 valence electrons. The van der Waals surface area contributed by atoms with Crippen molar-refractivity contribution in [3.05, 3.63) is 0 Å². The zero-order valence-corrected chi connectivity index (χ0v) is 8.54. The van der Waals surface area contributed by atoms with Gasteiger partial charge >= 0.3 is 11.9 Å². The van der Waals surface area contributed by atoms with E-state index < -0.39 is 29.5 Å². The Kier molecular flexibility index (Phi) is 3.02. The van der Waals surface area contributed by atoms with E-state index in [0.717, 1.165) is 0 Å². The topological polar surface area (TPSA) is 66.8 Å². The molecule has 2 atom stereocenters. The molecule has 4 nitrogen and oxygen atoms in total. The van der Waals surface area contributed by atoms with E-state index in [4.69, 9.17) is 9.84 Å². The van der Waals surface area contributed by atoms with Gasteiger partial charge in [0.05, 0.1) is 12.2 Å². The van der Waals surface area contributed by atoms with Crippen LogP contribution in [0, 0.1) is 5.92 Å². The molecule has 1 aliphatic rings. The van der Waals surface area contributed by atoms with Gasteiger partial charge in [-0.1, -0.05) is 0 Å². The van der Waals surface area contributed by atoms with Crippen molar-refractivity contribution in [1.82, 2.24) is 0 Å². The number of hydrogen-bond acceptors (Lipinski definition) is 3. The van der Waals surface area contributed by atoms with Gasteiger partial charge in [0.15, 0.2) is 0 Å². The van der Waals surface area contributed by atoms with Crippen molar-refractivity contribution in [2.75, 3.05) is 6.61 Å².